The second-order valence-corrected chi connectivity index (χ2v) is 7.74. The minimum atomic E-state index is -0.0105. The van der Waals surface area contributed by atoms with Gasteiger partial charge in [-0.1, -0.05) is 42.5 Å². The highest BCUT2D eigenvalue weighted by Crippen LogP contribution is 2.44. The molecular formula is C22H24N2O. The molecule has 2 aromatic carbocycles. The number of hydrogen-bond donors (Lipinski definition) is 0. The Morgan fingerprint density at radius 2 is 1.80 bits per heavy atom. The van der Waals surface area contributed by atoms with E-state index in [1.54, 1.807) is 0 Å². The van der Waals surface area contributed by atoms with E-state index in [2.05, 4.69) is 65.4 Å². The SMILES string of the molecule is CN1CC(C(=O)N2CCCC3c4ccccc4CC32)c2ccccc21. The molecule has 1 saturated heterocycles. The summed E-state index contributed by atoms with van der Waals surface area (Å²) >= 11 is 0. The molecule has 0 aromatic heterocycles. The number of carbonyl (C=O) groups excluding carboxylic acids is 1. The molecule has 3 heteroatoms. The molecule has 1 amide bonds. The number of para-hydroxylation sites is 1. The van der Waals surface area contributed by atoms with Gasteiger partial charge in [0.05, 0.1) is 5.92 Å². The fourth-order valence-corrected chi connectivity index (χ4v) is 5.26. The fraction of sp³-hybridized carbons (Fsp3) is 0.409. The van der Waals surface area contributed by atoms with Crippen LogP contribution in [0, 0.1) is 0 Å². The van der Waals surface area contributed by atoms with Gasteiger partial charge in [-0.25, -0.2) is 0 Å². The van der Waals surface area contributed by atoms with Crippen LogP contribution in [0.5, 0.6) is 0 Å². The zero-order chi connectivity index (χ0) is 17.0. The third kappa shape index (κ3) is 2.21. The number of benzene rings is 2. The van der Waals surface area contributed by atoms with Crippen molar-refractivity contribution < 1.29 is 4.79 Å². The van der Waals surface area contributed by atoms with Crippen LogP contribution in [-0.4, -0.2) is 37.0 Å². The summed E-state index contributed by atoms with van der Waals surface area (Å²) in [6.45, 7) is 1.72. The number of fused-ring (bicyclic) bond motifs is 4. The minimum Gasteiger partial charge on any atom is -0.373 e. The number of anilines is 1. The van der Waals surface area contributed by atoms with Crippen molar-refractivity contribution in [2.24, 2.45) is 0 Å². The maximum atomic E-state index is 13.5. The van der Waals surface area contributed by atoms with Crippen LogP contribution >= 0.6 is 0 Å². The molecule has 0 radical (unpaired) electrons. The monoisotopic (exact) mass is 332 g/mol. The van der Waals surface area contributed by atoms with E-state index in [1.807, 2.05) is 0 Å². The number of piperidine rings is 1. The molecule has 0 N–H and O–H groups in total. The van der Waals surface area contributed by atoms with Crippen LogP contribution in [0.15, 0.2) is 48.5 Å². The Hall–Kier alpha value is -2.29. The number of carbonyl (C=O) groups is 1. The smallest absolute Gasteiger partial charge is 0.232 e. The van der Waals surface area contributed by atoms with Gasteiger partial charge in [-0.15, -0.1) is 0 Å². The molecule has 128 valence electrons. The van der Waals surface area contributed by atoms with Gasteiger partial charge < -0.3 is 9.80 Å². The molecule has 2 aromatic rings. The van der Waals surface area contributed by atoms with E-state index < -0.39 is 0 Å². The van der Waals surface area contributed by atoms with E-state index in [0.717, 1.165) is 25.9 Å². The Bertz CT molecular complexity index is 830. The van der Waals surface area contributed by atoms with Crippen LogP contribution < -0.4 is 4.90 Å². The molecule has 0 bridgehead atoms. The minimum absolute atomic E-state index is 0.0105. The summed E-state index contributed by atoms with van der Waals surface area (Å²) in [4.78, 5) is 17.9. The van der Waals surface area contributed by atoms with Crippen LogP contribution in [0.1, 0.15) is 41.4 Å². The maximum Gasteiger partial charge on any atom is 0.232 e. The molecule has 3 unspecified atom stereocenters. The molecule has 2 heterocycles. The molecule has 3 nitrogen and oxygen atoms in total. The summed E-state index contributed by atoms with van der Waals surface area (Å²) in [5.41, 5.74) is 5.34. The van der Waals surface area contributed by atoms with Gasteiger partial charge in [0.15, 0.2) is 0 Å². The van der Waals surface area contributed by atoms with Gasteiger partial charge in [-0.2, -0.15) is 0 Å². The summed E-state index contributed by atoms with van der Waals surface area (Å²) in [5, 5.41) is 0. The van der Waals surface area contributed by atoms with Crippen molar-refractivity contribution in [3.05, 3.63) is 65.2 Å². The molecule has 25 heavy (non-hydrogen) atoms. The van der Waals surface area contributed by atoms with Crippen molar-refractivity contribution >= 4 is 11.6 Å². The average molecular weight is 332 g/mol. The van der Waals surface area contributed by atoms with Crippen LogP contribution in [-0.2, 0) is 11.2 Å². The zero-order valence-corrected chi connectivity index (χ0v) is 14.7. The van der Waals surface area contributed by atoms with Gasteiger partial charge in [0, 0.05) is 37.8 Å². The molecule has 1 fully saturated rings. The highest BCUT2D eigenvalue weighted by atomic mass is 16.2. The van der Waals surface area contributed by atoms with Crippen molar-refractivity contribution in [1.82, 2.24) is 4.90 Å². The number of rotatable bonds is 1. The average Bonchev–Trinajstić information content (AvgIpc) is 3.19. The van der Waals surface area contributed by atoms with Crippen molar-refractivity contribution in [1.29, 1.82) is 0 Å². The molecule has 5 rings (SSSR count). The lowest BCUT2D eigenvalue weighted by atomic mass is 9.87. The summed E-state index contributed by atoms with van der Waals surface area (Å²) in [5.74, 6) is 0.853. The third-order valence-corrected chi connectivity index (χ3v) is 6.42. The van der Waals surface area contributed by atoms with E-state index >= 15 is 0 Å². The Balaban J connectivity index is 1.46. The maximum absolute atomic E-state index is 13.5. The number of likely N-dealkylation sites (N-methyl/N-ethyl adjacent to an activating group) is 1. The van der Waals surface area contributed by atoms with Crippen molar-refractivity contribution in [3.63, 3.8) is 0 Å². The molecule has 0 saturated carbocycles. The highest BCUT2D eigenvalue weighted by molar-refractivity contribution is 5.89. The normalized spacial score (nSPS) is 27.0. The van der Waals surface area contributed by atoms with Crippen LogP contribution in [0.25, 0.3) is 0 Å². The van der Waals surface area contributed by atoms with Gasteiger partial charge >= 0.3 is 0 Å². The first kappa shape index (κ1) is 15.0. The molecule has 1 aliphatic carbocycles. The molecule has 3 aliphatic rings. The van der Waals surface area contributed by atoms with Crippen molar-refractivity contribution in [3.8, 4) is 0 Å². The molecular weight excluding hydrogens is 308 g/mol. The lowest BCUT2D eigenvalue weighted by molar-refractivity contribution is -0.136. The quantitative estimate of drug-likeness (QED) is 0.797. The molecule has 3 atom stereocenters. The number of hydrogen-bond acceptors (Lipinski definition) is 2. The van der Waals surface area contributed by atoms with Gasteiger partial charge in [0.1, 0.15) is 0 Å². The third-order valence-electron chi connectivity index (χ3n) is 6.42. The summed E-state index contributed by atoms with van der Waals surface area (Å²) in [7, 11) is 2.09. The van der Waals surface area contributed by atoms with E-state index in [1.165, 1.54) is 28.8 Å². The number of likely N-dealkylation sites (tertiary alicyclic amines) is 1. The van der Waals surface area contributed by atoms with Gasteiger partial charge in [0.25, 0.3) is 0 Å². The Labute approximate surface area is 149 Å². The fourth-order valence-electron chi connectivity index (χ4n) is 5.26. The van der Waals surface area contributed by atoms with Gasteiger partial charge in [-0.05, 0) is 42.0 Å². The number of nitrogens with zero attached hydrogens (tertiary/aromatic N) is 2. The van der Waals surface area contributed by atoms with Gasteiger partial charge in [-0.3, -0.25) is 4.79 Å². The standard InChI is InChI=1S/C22H24N2O/c1-23-14-19(18-9-4-5-11-20(18)23)22(25)24-12-6-10-17-16-8-3-2-7-15(16)13-21(17)24/h2-5,7-9,11,17,19,21H,6,10,12-14H2,1H3. The lowest BCUT2D eigenvalue weighted by Crippen LogP contribution is -2.48. The van der Waals surface area contributed by atoms with Crippen molar-refractivity contribution in [2.45, 2.75) is 37.1 Å². The van der Waals surface area contributed by atoms with Crippen LogP contribution in [0.4, 0.5) is 5.69 Å². The van der Waals surface area contributed by atoms with E-state index in [9.17, 15) is 4.79 Å². The largest absolute Gasteiger partial charge is 0.373 e. The van der Waals surface area contributed by atoms with Crippen molar-refractivity contribution in [2.75, 3.05) is 25.0 Å². The highest BCUT2D eigenvalue weighted by Gasteiger charge is 2.43. The zero-order valence-electron chi connectivity index (χ0n) is 14.7. The van der Waals surface area contributed by atoms with Crippen LogP contribution in [0.2, 0.25) is 0 Å². The first-order valence-corrected chi connectivity index (χ1v) is 9.42. The van der Waals surface area contributed by atoms with Crippen LogP contribution in [0.3, 0.4) is 0 Å². The predicted octanol–water partition coefficient (Wildman–Crippen LogP) is 3.55. The Morgan fingerprint density at radius 3 is 2.68 bits per heavy atom. The Morgan fingerprint density at radius 1 is 1.04 bits per heavy atom. The topological polar surface area (TPSA) is 23.6 Å². The summed E-state index contributed by atoms with van der Waals surface area (Å²) in [6, 6.07) is 17.5. The molecule has 2 aliphatic heterocycles. The number of amides is 1. The second-order valence-electron chi connectivity index (χ2n) is 7.74. The van der Waals surface area contributed by atoms with E-state index in [0.29, 0.717) is 17.9 Å². The predicted molar refractivity (Wildman–Crippen MR) is 100 cm³/mol. The van der Waals surface area contributed by atoms with Gasteiger partial charge in [0.2, 0.25) is 5.91 Å². The first-order chi connectivity index (χ1) is 12.2. The second kappa shape index (κ2) is 5.62. The van der Waals surface area contributed by atoms with E-state index in [-0.39, 0.29) is 5.92 Å². The summed E-state index contributed by atoms with van der Waals surface area (Å²) < 4.78 is 0. The Kier molecular flexibility index (Phi) is 3.37. The molecule has 0 spiro atoms. The lowest BCUT2D eigenvalue weighted by Gasteiger charge is -2.39. The first-order valence-electron chi connectivity index (χ1n) is 9.42. The summed E-state index contributed by atoms with van der Waals surface area (Å²) in [6.07, 6.45) is 3.36. The van der Waals surface area contributed by atoms with E-state index in [4.69, 9.17) is 0 Å².